The molecule has 0 aromatic heterocycles. The Labute approximate surface area is 92.1 Å². The Morgan fingerprint density at radius 2 is 2.13 bits per heavy atom. The lowest BCUT2D eigenvalue weighted by atomic mass is 9.80. The van der Waals surface area contributed by atoms with Crippen molar-refractivity contribution >= 4 is 0 Å². The fourth-order valence-corrected chi connectivity index (χ4v) is 2.03. The van der Waals surface area contributed by atoms with Crippen LogP contribution in [0.3, 0.4) is 0 Å². The van der Waals surface area contributed by atoms with Crippen LogP contribution in [-0.2, 0) is 6.42 Å². The lowest BCUT2D eigenvalue weighted by Crippen LogP contribution is -2.31. The third kappa shape index (κ3) is 2.23. The molecule has 1 aromatic carbocycles. The first-order valence-corrected chi connectivity index (χ1v) is 5.57. The Hall–Kier alpha value is -0.820. The van der Waals surface area contributed by atoms with E-state index in [2.05, 4.69) is 38.5 Å². The van der Waals surface area contributed by atoms with E-state index in [1.54, 1.807) is 0 Å². The number of hydrogen-bond acceptors (Lipinski definition) is 1. The Bertz CT molecular complexity index is 364. The molecule has 0 amide bonds. The Morgan fingerprint density at radius 3 is 2.80 bits per heavy atom. The monoisotopic (exact) mass is 202 g/mol. The molecule has 0 fully saturated rings. The van der Waals surface area contributed by atoms with Gasteiger partial charge in [-0.15, -0.1) is 0 Å². The number of fused-ring (bicyclic) bond motifs is 1. The van der Waals surface area contributed by atoms with Gasteiger partial charge in [-0.25, -0.2) is 0 Å². The molecule has 0 aliphatic heterocycles. The lowest BCUT2D eigenvalue weighted by Gasteiger charge is -2.29. The molecular weight excluding hydrogens is 184 g/mol. The van der Waals surface area contributed by atoms with Gasteiger partial charge in [0, 0.05) is 12.8 Å². The maximum atomic E-state index is 9.94. The Balaban J connectivity index is 2.32. The summed E-state index contributed by atoms with van der Waals surface area (Å²) in [5.74, 6) is 0.555. The van der Waals surface area contributed by atoms with E-state index in [4.69, 9.17) is 0 Å². The second kappa shape index (κ2) is 3.64. The van der Waals surface area contributed by atoms with Gasteiger partial charge in [-0.2, -0.15) is 0 Å². The number of hydrogen-bond donors (Lipinski definition) is 1. The highest BCUT2D eigenvalue weighted by Gasteiger charge is 2.27. The van der Waals surface area contributed by atoms with E-state index in [1.807, 2.05) is 6.92 Å². The van der Waals surface area contributed by atoms with Crippen molar-refractivity contribution in [3.05, 3.63) is 41.3 Å². The summed E-state index contributed by atoms with van der Waals surface area (Å²) in [4.78, 5) is 0. The number of benzene rings is 1. The second-order valence-electron chi connectivity index (χ2n) is 5.10. The minimum Gasteiger partial charge on any atom is -0.390 e. The molecule has 2 radical (unpaired) electrons. The Morgan fingerprint density at radius 1 is 1.40 bits per heavy atom. The molecule has 1 aromatic rings. The minimum atomic E-state index is -0.605. The van der Waals surface area contributed by atoms with Crippen LogP contribution in [0, 0.1) is 6.42 Å². The summed E-state index contributed by atoms with van der Waals surface area (Å²) in [6, 6.07) is 6.49. The van der Waals surface area contributed by atoms with E-state index in [-0.39, 0.29) is 0 Å². The molecule has 1 atom stereocenters. The molecule has 80 valence electrons. The van der Waals surface area contributed by atoms with E-state index in [0.29, 0.717) is 12.3 Å². The zero-order valence-corrected chi connectivity index (χ0v) is 9.67. The SMILES string of the molecule is CC(C)c1ccc2c(c1)[C]CC(C)(O)C2. The largest absolute Gasteiger partial charge is 0.390 e. The van der Waals surface area contributed by atoms with Gasteiger partial charge >= 0.3 is 0 Å². The quantitative estimate of drug-likeness (QED) is 0.742. The van der Waals surface area contributed by atoms with Crippen LogP contribution in [0.5, 0.6) is 0 Å². The van der Waals surface area contributed by atoms with Crippen molar-refractivity contribution in [2.24, 2.45) is 0 Å². The normalized spacial score (nSPS) is 25.4. The fourth-order valence-electron chi connectivity index (χ4n) is 2.03. The predicted molar refractivity (Wildman–Crippen MR) is 61.8 cm³/mol. The molecule has 1 nitrogen and oxygen atoms in total. The first kappa shape index (κ1) is 10.7. The van der Waals surface area contributed by atoms with Gasteiger partial charge in [0.05, 0.1) is 5.60 Å². The third-order valence-electron chi connectivity index (χ3n) is 3.03. The summed E-state index contributed by atoms with van der Waals surface area (Å²) in [5, 5.41) is 9.94. The zero-order valence-electron chi connectivity index (χ0n) is 9.67. The zero-order chi connectivity index (χ0) is 11.1. The van der Waals surface area contributed by atoms with E-state index < -0.39 is 5.60 Å². The van der Waals surface area contributed by atoms with Gasteiger partial charge in [-0.3, -0.25) is 0 Å². The maximum absolute atomic E-state index is 9.94. The standard InChI is InChI=1S/C14H18O/c1-10(2)11-4-5-13-9-14(3,15)7-6-12(13)8-11/h4-5,8,10,15H,7,9H2,1-3H3. The van der Waals surface area contributed by atoms with Crippen LogP contribution in [0.25, 0.3) is 0 Å². The first-order chi connectivity index (χ1) is 6.98. The highest BCUT2D eigenvalue weighted by molar-refractivity contribution is 5.41. The molecule has 1 heteroatoms. The van der Waals surface area contributed by atoms with Crippen LogP contribution < -0.4 is 0 Å². The van der Waals surface area contributed by atoms with Crippen molar-refractivity contribution in [1.29, 1.82) is 0 Å². The molecule has 15 heavy (non-hydrogen) atoms. The van der Waals surface area contributed by atoms with Gasteiger partial charge in [0.1, 0.15) is 0 Å². The molecule has 0 saturated heterocycles. The summed E-state index contributed by atoms with van der Waals surface area (Å²) < 4.78 is 0. The first-order valence-electron chi connectivity index (χ1n) is 5.57. The molecule has 1 aliphatic rings. The molecule has 1 aliphatic carbocycles. The van der Waals surface area contributed by atoms with Crippen molar-refractivity contribution in [3.63, 3.8) is 0 Å². The van der Waals surface area contributed by atoms with Crippen LogP contribution in [0.2, 0.25) is 0 Å². The molecule has 0 heterocycles. The molecule has 0 saturated carbocycles. The third-order valence-corrected chi connectivity index (χ3v) is 3.03. The number of aliphatic hydroxyl groups is 1. The molecule has 0 spiro atoms. The smallest absolute Gasteiger partial charge is 0.0669 e. The van der Waals surface area contributed by atoms with Gasteiger partial charge in [0.15, 0.2) is 0 Å². The van der Waals surface area contributed by atoms with Crippen LogP contribution in [0.4, 0.5) is 0 Å². The van der Waals surface area contributed by atoms with Crippen molar-refractivity contribution < 1.29 is 5.11 Å². The lowest BCUT2D eigenvalue weighted by molar-refractivity contribution is 0.0565. The summed E-state index contributed by atoms with van der Waals surface area (Å²) in [6.07, 6.45) is 4.68. The maximum Gasteiger partial charge on any atom is 0.0669 e. The molecule has 1 unspecified atom stereocenters. The summed E-state index contributed by atoms with van der Waals surface area (Å²) in [5.41, 5.74) is 3.15. The van der Waals surface area contributed by atoms with Crippen molar-refractivity contribution in [3.8, 4) is 0 Å². The van der Waals surface area contributed by atoms with E-state index in [0.717, 1.165) is 6.42 Å². The van der Waals surface area contributed by atoms with Crippen LogP contribution in [0.15, 0.2) is 18.2 Å². The van der Waals surface area contributed by atoms with E-state index >= 15 is 0 Å². The minimum absolute atomic E-state index is 0.555. The van der Waals surface area contributed by atoms with Gasteiger partial charge in [-0.1, -0.05) is 32.0 Å². The van der Waals surface area contributed by atoms with Crippen molar-refractivity contribution in [1.82, 2.24) is 0 Å². The Kier molecular flexibility index (Phi) is 2.59. The summed E-state index contributed by atoms with van der Waals surface area (Å²) in [7, 11) is 0. The molecule has 1 N–H and O–H groups in total. The van der Waals surface area contributed by atoms with Crippen molar-refractivity contribution in [2.45, 2.75) is 45.1 Å². The topological polar surface area (TPSA) is 20.2 Å². The average Bonchev–Trinajstić information content (AvgIpc) is 2.15. The molecule has 2 rings (SSSR count). The number of rotatable bonds is 1. The summed E-state index contributed by atoms with van der Waals surface area (Å²) >= 11 is 0. The highest BCUT2D eigenvalue weighted by atomic mass is 16.3. The van der Waals surface area contributed by atoms with Gasteiger partial charge < -0.3 is 5.11 Å². The van der Waals surface area contributed by atoms with Gasteiger partial charge in [0.2, 0.25) is 0 Å². The van der Waals surface area contributed by atoms with Crippen LogP contribution >= 0.6 is 0 Å². The molecular formula is C14H18O. The van der Waals surface area contributed by atoms with Gasteiger partial charge in [-0.05, 0) is 36.0 Å². The van der Waals surface area contributed by atoms with Crippen molar-refractivity contribution in [2.75, 3.05) is 0 Å². The van der Waals surface area contributed by atoms with E-state index in [9.17, 15) is 5.11 Å². The van der Waals surface area contributed by atoms with Crippen LogP contribution in [-0.4, -0.2) is 10.7 Å². The second-order valence-corrected chi connectivity index (χ2v) is 5.10. The predicted octanol–water partition coefficient (Wildman–Crippen LogP) is 2.94. The highest BCUT2D eigenvalue weighted by Crippen LogP contribution is 2.31. The molecule has 0 bridgehead atoms. The van der Waals surface area contributed by atoms with Gasteiger partial charge in [0.25, 0.3) is 0 Å². The summed E-state index contributed by atoms with van der Waals surface area (Å²) in [6.45, 7) is 6.26. The average molecular weight is 202 g/mol. The van der Waals surface area contributed by atoms with Crippen LogP contribution in [0.1, 0.15) is 49.8 Å². The fraction of sp³-hybridized carbons (Fsp3) is 0.500. The van der Waals surface area contributed by atoms with E-state index in [1.165, 1.54) is 16.7 Å².